The van der Waals surface area contributed by atoms with Gasteiger partial charge in [0.25, 0.3) is 5.56 Å². The summed E-state index contributed by atoms with van der Waals surface area (Å²) in [5.41, 5.74) is 1.28. The molecule has 3 aromatic rings. The van der Waals surface area contributed by atoms with Gasteiger partial charge in [0.2, 0.25) is 5.91 Å². The molecule has 0 unspecified atom stereocenters. The van der Waals surface area contributed by atoms with Gasteiger partial charge in [0.05, 0.1) is 24.3 Å². The van der Waals surface area contributed by atoms with E-state index in [2.05, 4.69) is 10.3 Å². The molecule has 0 bridgehead atoms. The molecule has 0 radical (unpaired) electrons. The Labute approximate surface area is 163 Å². The summed E-state index contributed by atoms with van der Waals surface area (Å²) in [4.78, 5) is 29.9. The molecular formula is C18H18FN3O3S2. The van der Waals surface area contributed by atoms with Crippen molar-refractivity contribution in [2.75, 3.05) is 26.5 Å². The van der Waals surface area contributed by atoms with Crippen LogP contribution >= 0.6 is 23.1 Å². The van der Waals surface area contributed by atoms with Gasteiger partial charge < -0.3 is 10.1 Å². The number of halogens is 1. The van der Waals surface area contributed by atoms with E-state index >= 15 is 0 Å². The minimum atomic E-state index is -0.332. The molecule has 0 fully saturated rings. The maximum atomic E-state index is 13.2. The summed E-state index contributed by atoms with van der Waals surface area (Å²) in [6.07, 6.45) is 0. The molecule has 2 heterocycles. The number of thioether (sulfide) groups is 1. The highest BCUT2D eigenvalue weighted by Gasteiger charge is 2.18. The average Bonchev–Trinajstić information content (AvgIpc) is 3.10. The summed E-state index contributed by atoms with van der Waals surface area (Å²) in [6, 6.07) is 6.01. The van der Waals surface area contributed by atoms with E-state index in [1.807, 2.05) is 5.38 Å². The van der Waals surface area contributed by atoms with Gasteiger partial charge in [-0.3, -0.25) is 14.2 Å². The first-order chi connectivity index (χ1) is 13.0. The average molecular weight is 407 g/mol. The number of ether oxygens (including phenoxy) is 1. The number of hydrogen-bond acceptors (Lipinski definition) is 6. The SMILES string of the molecule is CNC(=O)CSc1nc2scc(-c3ccc(F)cc3)c2c(=O)n1CCOC. The Bertz CT molecular complexity index is 1020. The van der Waals surface area contributed by atoms with Crippen molar-refractivity contribution in [2.45, 2.75) is 11.7 Å². The lowest BCUT2D eigenvalue weighted by Crippen LogP contribution is -2.26. The summed E-state index contributed by atoms with van der Waals surface area (Å²) in [5.74, 6) is -0.315. The molecule has 0 saturated carbocycles. The van der Waals surface area contributed by atoms with Crippen LogP contribution < -0.4 is 10.9 Å². The lowest BCUT2D eigenvalue weighted by Gasteiger charge is -2.12. The second-order valence-electron chi connectivity index (χ2n) is 5.64. The van der Waals surface area contributed by atoms with E-state index in [0.29, 0.717) is 28.5 Å². The maximum absolute atomic E-state index is 13.2. The number of thiophene rings is 1. The molecule has 1 amide bonds. The Balaban J connectivity index is 2.11. The van der Waals surface area contributed by atoms with Crippen LogP contribution in [-0.4, -0.2) is 42.0 Å². The van der Waals surface area contributed by atoms with Crippen LogP contribution in [0.15, 0.2) is 39.6 Å². The molecule has 0 saturated heterocycles. The first kappa shape index (κ1) is 19.5. The van der Waals surface area contributed by atoms with Gasteiger partial charge in [0, 0.05) is 25.1 Å². The lowest BCUT2D eigenvalue weighted by atomic mass is 10.1. The second-order valence-corrected chi connectivity index (χ2v) is 7.44. The highest BCUT2D eigenvalue weighted by atomic mass is 32.2. The number of hydrogen-bond donors (Lipinski definition) is 1. The topological polar surface area (TPSA) is 73.2 Å². The number of fused-ring (bicyclic) bond motifs is 1. The van der Waals surface area contributed by atoms with Crippen LogP contribution in [0.4, 0.5) is 4.39 Å². The van der Waals surface area contributed by atoms with Crippen LogP contribution in [-0.2, 0) is 16.1 Å². The third-order valence-electron chi connectivity index (χ3n) is 3.94. The fraction of sp³-hybridized carbons (Fsp3) is 0.278. The fourth-order valence-electron chi connectivity index (χ4n) is 2.54. The highest BCUT2D eigenvalue weighted by Crippen LogP contribution is 2.32. The Morgan fingerprint density at radius 1 is 1.37 bits per heavy atom. The smallest absolute Gasteiger partial charge is 0.263 e. The van der Waals surface area contributed by atoms with E-state index < -0.39 is 0 Å². The molecule has 0 aliphatic rings. The predicted octanol–water partition coefficient (Wildman–Crippen LogP) is 2.75. The van der Waals surface area contributed by atoms with Crippen LogP contribution in [0.3, 0.4) is 0 Å². The number of aromatic nitrogens is 2. The predicted molar refractivity (Wildman–Crippen MR) is 106 cm³/mol. The van der Waals surface area contributed by atoms with E-state index in [-0.39, 0.29) is 23.0 Å². The summed E-state index contributed by atoms with van der Waals surface area (Å²) < 4.78 is 19.9. The largest absolute Gasteiger partial charge is 0.383 e. The van der Waals surface area contributed by atoms with E-state index in [1.165, 1.54) is 39.8 Å². The number of rotatable bonds is 7. The van der Waals surface area contributed by atoms with Gasteiger partial charge in [-0.15, -0.1) is 11.3 Å². The van der Waals surface area contributed by atoms with Crippen LogP contribution in [0, 0.1) is 5.82 Å². The molecule has 0 aliphatic heterocycles. The second kappa shape index (κ2) is 8.64. The van der Waals surface area contributed by atoms with E-state index in [4.69, 9.17) is 4.74 Å². The first-order valence-corrected chi connectivity index (χ1v) is 10.0. The Hall–Kier alpha value is -2.23. The quantitative estimate of drug-likeness (QED) is 0.482. The van der Waals surface area contributed by atoms with Crippen LogP contribution in [0.1, 0.15) is 0 Å². The lowest BCUT2D eigenvalue weighted by molar-refractivity contribution is -0.118. The summed E-state index contributed by atoms with van der Waals surface area (Å²) in [6.45, 7) is 0.670. The van der Waals surface area contributed by atoms with Gasteiger partial charge in [-0.2, -0.15) is 0 Å². The highest BCUT2D eigenvalue weighted by molar-refractivity contribution is 7.99. The van der Waals surface area contributed by atoms with Crippen molar-refractivity contribution in [3.63, 3.8) is 0 Å². The normalized spacial score (nSPS) is 11.1. The third kappa shape index (κ3) is 4.20. The molecule has 1 aromatic carbocycles. The monoisotopic (exact) mass is 407 g/mol. The molecule has 2 aromatic heterocycles. The number of nitrogens with one attached hydrogen (secondary N) is 1. The maximum Gasteiger partial charge on any atom is 0.263 e. The van der Waals surface area contributed by atoms with Gasteiger partial charge >= 0.3 is 0 Å². The van der Waals surface area contributed by atoms with Crippen molar-refractivity contribution >= 4 is 39.2 Å². The van der Waals surface area contributed by atoms with Gasteiger partial charge in [0.15, 0.2) is 5.16 Å². The van der Waals surface area contributed by atoms with E-state index in [1.54, 1.807) is 26.3 Å². The first-order valence-electron chi connectivity index (χ1n) is 8.15. The van der Waals surface area contributed by atoms with Crippen molar-refractivity contribution in [3.05, 3.63) is 45.8 Å². The van der Waals surface area contributed by atoms with E-state index in [0.717, 1.165) is 11.1 Å². The molecule has 1 N–H and O–H groups in total. The van der Waals surface area contributed by atoms with Crippen molar-refractivity contribution < 1.29 is 13.9 Å². The molecule has 0 aliphatic carbocycles. The van der Waals surface area contributed by atoms with Gasteiger partial charge in [-0.1, -0.05) is 23.9 Å². The zero-order chi connectivity index (χ0) is 19.4. The molecule has 0 atom stereocenters. The zero-order valence-electron chi connectivity index (χ0n) is 14.8. The molecular weight excluding hydrogens is 389 g/mol. The fourth-order valence-corrected chi connectivity index (χ4v) is 4.43. The number of methoxy groups -OCH3 is 1. The number of nitrogens with zero attached hydrogens (tertiary/aromatic N) is 2. The van der Waals surface area contributed by atoms with Crippen molar-refractivity contribution in [2.24, 2.45) is 0 Å². The Morgan fingerprint density at radius 2 is 2.11 bits per heavy atom. The molecule has 3 rings (SSSR count). The van der Waals surface area contributed by atoms with Gasteiger partial charge in [-0.25, -0.2) is 9.37 Å². The molecule has 27 heavy (non-hydrogen) atoms. The van der Waals surface area contributed by atoms with Crippen molar-refractivity contribution in [1.29, 1.82) is 0 Å². The minimum Gasteiger partial charge on any atom is -0.383 e. The number of benzene rings is 1. The number of carbonyl (C=O) groups is 1. The van der Waals surface area contributed by atoms with E-state index in [9.17, 15) is 14.0 Å². The van der Waals surface area contributed by atoms with Crippen LogP contribution in [0.25, 0.3) is 21.3 Å². The van der Waals surface area contributed by atoms with Crippen LogP contribution in [0.2, 0.25) is 0 Å². The Kier molecular flexibility index (Phi) is 6.25. The Morgan fingerprint density at radius 3 is 2.78 bits per heavy atom. The summed E-state index contributed by atoms with van der Waals surface area (Å²) in [7, 11) is 3.12. The molecule has 9 heteroatoms. The number of carbonyl (C=O) groups excluding carboxylic acids is 1. The summed E-state index contributed by atoms with van der Waals surface area (Å²) in [5, 5.41) is 5.36. The summed E-state index contributed by atoms with van der Waals surface area (Å²) >= 11 is 2.56. The molecule has 6 nitrogen and oxygen atoms in total. The third-order valence-corrected chi connectivity index (χ3v) is 5.79. The van der Waals surface area contributed by atoms with Gasteiger partial charge in [-0.05, 0) is 17.7 Å². The standard InChI is InChI=1S/C18H18FN3O3S2/c1-20-14(23)10-27-18-21-16-15(17(24)22(18)7-8-25-2)13(9-26-16)11-3-5-12(19)6-4-11/h3-6,9H,7-8,10H2,1-2H3,(H,20,23). The zero-order valence-corrected chi connectivity index (χ0v) is 16.5. The number of amides is 1. The minimum absolute atomic E-state index is 0.147. The molecule has 142 valence electrons. The van der Waals surface area contributed by atoms with Crippen molar-refractivity contribution in [3.8, 4) is 11.1 Å². The van der Waals surface area contributed by atoms with Crippen molar-refractivity contribution in [1.82, 2.24) is 14.9 Å². The molecule has 0 spiro atoms. The van der Waals surface area contributed by atoms with Gasteiger partial charge in [0.1, 0.15) is 10.6 Å². The van der Waals surface area contributed by atoms with Crippen LogP contribution in [0.5, 0.6) is 0 Å².